The van der Waals surface area contributed by atoms with Gasteiger partial charge in [-0.05, 0) is 24.3 Å². The number of methoxy groups -OCH3 is 1. The fourth-order valence-corrected chi connectivity index (χ4v) is 3.19. The fourth-order valence-electron chi connectivity index (χ4n) is 3.03. The summed E-state index contributed by atoms with van der Waals surface area (Å²) in [6.07, 6.45) is 5.97. The zero-order chi connectivity index (χ0) is 21.3. The van der Waals surface area contributed by atoms with Gasteiger partial charge in [-0.25, -0.2) is 9.97 Å². The highest BCUT2D eigenvalue weighted by molar-refractivity contribution is 6.31. The summed E-state index contributed by atoms with van der Waals surface area (Å²) in [5.74, 6) is 1.56. The van der Waals surface area contributed by atoms with E-state index in [0.717, 1.165) is 17.3 Å². The van der Waals surface area contributed by atoms with Crippen molar-refractivity contribution in [3.63, 3.8) is 0 Å². The number of nitrogens with one attached hydrogen (secondary N) is 2. The number of aromatic nitrogens is 5. The van der Waals surface area contributed by atoms with Crippen LogP contribution >= 0.6 is 11.6 Å². The van der Waals surface area contributed by atoms with Crippen LogP contribution in [0.4, 0.5) is 11.6 Å². The van der Waals surface area contributed by atoms with Gasteiger partial charge >= 0.3 is 0 Å². The zero-order valence-electron chi connectivity index (χ0n) is 16.2. The first-order chi connectivity index (χ1) is 14.5. The van der Waals surface area contributed by atoms with Crippen LogP contribution in [0.2, 0.25) is 5.02 Å². The van der Waals surface area contributed by atoms with E-state index in [4.69, 9.17) is 27.2 Å². The van der Waals surface area contributed by atoms with Gasteiger partial charge in [0, 0.05) is 35.3 Å². The van der Waals surface area contributed by atoms with E-state index in [1.807, 2.05) is 6.07 Å². The molecule has 4 aromatic rings. The average molecular weight is 421 g/mol. The minimum absolute atomic E-state index is 0.0925. The Balaban J connectivity index is 1.82. The Labute approximate surface area is 176 Å². The molecule has 0 unspecified atom stereocenters. The summed E-state index contributed by atoms with van der Waals surface area (Å²) in [5.41, 5.74) is 1.94. The van der Waals surface area contributed by atoms with Gasteiger partial charge in [0.1, 0.15) is 5.82 Å². The summed E-state index contributed by atoms with van der Waals surface area (Å²) in [5, 5.41) is 17.1. The SMILES string of the molecule is COc1ccc(-c2cncc(N(C)c3nc(=N)n(C=N)c4cc(Cl)ccc34)n2)cn1. The molecule has 0 aliphatic heterocycles. The summed E-state index contributed by atoms with van der Waals surface area (Å²) in [7, 11) is 3.36. The quantitative estimate of drug-likeness (QED) is 0.378. The van der Waals surface area contributed by atoms with Gasteiger partial charge in [0.2, 0.25) is 11.5 Å². The Morgan fingerprint density at radius 3 is 2.67 bits per heavy atom. The van der Waals surface area contributed by atoms with Crippen molar-refractivity contribution < 1.29 is 4.74 Å². The number of hydrogen-bond donors (Lipinski definition) is 2. The Hall–Kier alpha value is -3.85. The lowest BCUT2D eigenvalue weighted by molar-refractivity contribution is 0.398. The van der Waals surface area contributed by atoms with Gasteiger partial charge in [0.15, 0.2) is 5.82 Å². The molecule has 0 radical (unpaired) electrons. The number of halogens is 1. The lowest BCUT2D eigenvalue weighted by Gasteiger charge is -2.20. The number of nitrogens with zero attached hydrogens (tertiary/aromatic N) is 6. The van der Waals surface area contributed by atoms with E-state index >= 15 is 0 Å². The fraction of sp³-hybridized carbons (Fsp3) is 0.100. The van der Waals surface area contributed by atoms with E-state index in [9.17, 15) is 0 Å². The van der Waals surface area contributed by atoms with E-state index < -0.39 is 0 Å². The van der Waals surface area contributed by atoms with Crippen molar-refractivity contribution in [1.29, 1.82) is 10.8 Å². The van der Waals surface area contributed by atoms with Gasteiger partial charge in [-0.15, -0.1) is 0 Å². The highest BCUT2D eigenvalue weighted by Gasteiger charge is 2.16. The third-order valence-electron chi connectivity index (χ3n) is 4.55. The molecule has 0 aliphatic carbocycles. The number of benzene rings is 1. The third-order valence-corrected chi connectivity index (χ3v) is 4.79. The molecule has 3 heterocycles. The van der Waals surface area contributed by atoms with Crippen molar-refractivity contribution >= 4 is 40.5 Å². The lowest BCUT2D eigenvalue weighted by Crippen LogP contribution is -2.26. The van der Waals surface area contributed by atoms with Crippen molar-refractivity contribution in [3.8, 4) is 17.1 Å². The van der Waals surface area contributed by atoms with Crippen LogP contribution in [-0.4, -0.2) is 45.0 Å². The van der Waals surface area contributed by atoms with Crippen molar-refractivity contribution in [2.45, 2.75) is 0 Å². The molecule has 0 amide bonds. The maximum absolute atomic E-state index is 8.21. The highest BCUT2D eigenvalue weighted by atomic mass is 35.5. The van der Waals surface area contributed by atoms with Gasteiger partial charge in [-0.3, -0.25) is 20.4 Å². The highest BCUT2D eigenvalue weighted by Crippen LogP contribution is 2.29. The minimum Gasteiger partial charge on any atom is -0.481 e. The van der Waals surface area contributed by atoms with Crippen LogP contribution in [0.25, 0.3) is 22.2 Å². The van der Waals surface area contributed by atoms with E-state index in [2.05, 4.69) is 19.9 Å². The lowest BCUT2D eigenvalue weighted by atomic mass is 10.2. The predicted molar refractivity (Wildman–Crippen MR) is 115 cm³/mol. The summed E-state index contributed by atoms with van der Waals surface area (Å²) >= 11 is 6.14. The number of ether oxygens (including phenoxy) is 1. The normalized spacial score (nSPS) is 10.8. The monoisotopic (exact) mass is 420 g/mol. The standard InChI is InChI=1S/C20H17ClN8O/c1-28(17-10-24-9-15(26-17)12-3-6-18(30-2)25-8-12)19-14-5-4-13(21)7-16(14)29(11-22)20(23)27-19/h3-11,22-23H,1-2H3. The van der Waals surface area contributed by atoms with E-state index in [1.54, 1.807) is 61.9 Å². The van der Waals surface area contributed by atoms with Crippen molar-refractivity contribution in [2.75, 3.05) is 19.1 Å². The molecule has 0 saturated carbocycles. The molecule has 9 nitrogen and oxygen atoms in total. The predicted octanol–water partition coefficient (Wildman–Crippen LogP) is 3.25. The molecular formula is C20H17ClN8O. The van der Waals surface area contributed by atoms with Crippen LogP contribution in [0.3, 0.4) is 0 Å². The summed E-state index contributed by atoms with van der Waals surface area (Å²) in [6.45, 7) is 0. The smallest absolute Gasteiger partial charge is 0.229 e. The topological polar surface area (TPSA) is 117 Å². The first-order valence-electron chi connectivity index (χ1n) is 8.85. The van der Waals surface area contributed by atoms with Crippen LogP contribution in [0, 0.1) is 10.8 Å². The average Bonchev–Trinajstić information content (AvgIpc) is 2.78. The number of pyridine rings is 1. The Morgan fingerprint density at radius 1 is 1.13 bits per heavy atom. The van der Waals surface area contributed by atoms with E-state index in [1.165, 1.54) is 4.57 Å². The molecule has 150 valence electrons. The summed E-state index contributed by atoms with van der Waals surface area (Å²) in [6, 6.07) is 8.86. The largest absolute Gasteiger partial charge is 0.481 e. The van der Waals surface area contributed by atoms with Crippen molar-refractivity contribution in [2.24, 2.45) is 0 Å². The maximum atomic E-state index is 8.21. The molecule has 0 aliphatic rings. The van der Waals surface area contributed by atoms with Gasteiger partial charge in [0.05, 0.1) is 37.1 Å². The Bertz CT molecular complexity index is 1300. The minimum atomic E-state index is -0.0925. The van der Waals surface area contributed by atoms with Crippen LogP contribution in [0.5, 0.6) is 5.88 Å². The molecule has 0 bridgehead atoms. The second kappa shape index (κ2) is 7.88. The van der Waals surface area contributed by atoms with Crippen LogP contribution in [-0.2, 0) is 0 Å². The van der Waals surface area contributed by atoms with Gasteiger partial charge in [0.25, 0.3) is 0 Å². The van der Waals surface area contributed by atoms with Crippen LogP contribution in [0.1, 0.15) is 0 Å². The second-order valence-corrected chi connectivity index (χ2v) is 6.77. The van der Waals surface area contributed by atoms with Crippen molar-refractivity contribution in [1.82, 2.24) is 24.5 Å². The van der Waals surface area contributed by atoms with Gasteiger partial charge in [-0.1, -0.05) is 11.6 Å². The molecule has 0 saturated heterocycles. The molecular weight excluding hydrogens is 404 g/mol. The van der Waals surface area contributed by atoms with Gasteiger partial charge < -0.3 is 9.64 Å². The third kappa shape index (κ3) is 3.46. The van der Waals surface area contributed by atoms with E-state index in [0.29, 0.717) is 33.7 Å². The number of anilines is 2. The summed E-state index contributed by atoms with van der Waals surface area (Å²) in [4.78, 5) is 19.3. The molecule has 30 heavy (non-hydrogen) atoms. The second-order valence-electron chi connectivity index (χ2n) is 6.33. The number of fused-ring (bicyclic) bond motifs is 1. The first-order valence-corrected chi connectivity index (χ1v) is 9.23. The molecule has 4 rings (SSSR count). The van der Waals surface area contributed by atoms with E-state index in [-0.39, 0.29) is 5.62 Å². The molecule has 0 atom stereocenters. The molecule has 0 fully saturated rings. The van der Waals surface area contributed by atoms with Gasteiger partial charge in [-0.2, -0.15) is 4.98 Å². The Kier molecular flexibility index (Phi) is 5.11. The molecule has 1 aromatic carbocycles. The zero-order valence-corrected chi connectivity index (χ0v) is 16.9. The first kappa shape index (κ1) is 19.5. The maximum Gasteiger partial charge on any atom is 0.229 e. The van der Waals surface area contributed by atoms with Crippen LogP contribution in [0.15, 0.2) is 48.9 Å². The molecule has 3 aromatic heterocycles. The Morgan fingerprint density at radius 2 is 1.97 bits per heavy atom. The van der Waals surface area contributed by atoms with Crippen LogP contribution < -0.4 is 15.3 Å². The number of rotatable bonds is 5. The summed E-state index contributed by atoms with van der Waals surface area (Å²) < 4.78 is 6.45. The number of hydrogen-bond acceptors (Lipinski definition) is 8. The molecule has 0 spiro atoms. The molecule has 10 heteroatoms. The molecule has 2 N–H and O–H groups in total. The van der Waals surface area contributed by atoms with Crippen molar-refractivity contribution in [3.05, 3.63) is 59.6 Å².